The minimum atomic E-state index is -0.573. The Hall–Kier alpha value is -4.58. The first-order chi connectivity index (χ1) is 15.0. The van der Waals surface area contributed by atoms with Gasteiger partial charge in [-0.05, 0) is 42.5 Å². The van der Waals surface area contributed by atoms with E-state index in [2.05, 4.69) is 5.32 Å². The first-order valence-corrected chi connectivity index (χ1v) is 9.30. The molecule has 1 aliphatic rings. The molecule has 9 heteroatoms. The SMILES string of the molecule is N#C/C(=C\c1cccn1-c1ccc([N+](=O)[O-])cc1)C(=O)Nc1ccc2c(c1)OCCO2. The van der Waals surface area contributed by atoms with E-state index in [0.717, 1.165) is 0 Å². The van der Waals surface area contributed by atoms with Crippen molar-refractivity contribution < 1.29 is 19.2 Å². The number of benzene rings is 2. The Bertz CT molecular complexity index is 1220. The van der Waals surface area contributed by atoms with Gasteiger partial charge in [-0.1, -0.05) is 0 Å². The Morgan fingerprint density at radius 2 is 1.87 bits per heavy atom. The number of hydrogen-bond donors (Lipinski definition) is 1. The number of amides is 1. The second-order valence-corrected chi connectivity index (χ2v) is 6.56. The van der Waals surface area contributed by atoms with Crippen molar-refractivity contribution >= 4 is 23.4 Å². The summed E-state index contributed by atoms with van der Waals surface area (Å²) in [5.74, 6) is 0.551. The number of anilines is 1. The number of nitrogens with one attached hydrogen (secondary N) is 1. The molecule has 154 valence electrons. The fourth-order valence-electron chi connectivity index (χ4n) is 3.10. The molecule has 0 saturated heterocycles. The summed E-state index contributed by atoms with van der Waals surface area (Å²) in [6.07, 6.45) is 3.19. The maximum atomic E-state index is 12.6. The quantitative estimate of drug-likeness (QED) is 0.293. The van der Waals surface area contributed by atoms with E-state index in [4.69, 9.17) is 9.47 Å². The average molecular weight is 416 g/mol. The van der Waals surface area contributed by atoms with Crippen molar-refractivity contribution in [2.75, 3.05) is 18.5 Å². The molecular weight excluding hydrogens is 400 g/mol. The summed E-state index contributed by atoms with van der Waals surface area (Å²) < 4.78 is 12.7. The third-order valence-electron chi connectivity index (χ3n) is 4.58. The summed E-state index contributed by atoms with van der Waals surface area (Å²) in [4.78, 5) is 23.0. The van der Waals surface area contributed by atoms with Crippen molar-refractivity contribution in [2.24, 2.45) is 0 Å². The third-order valence-corrected chi connectivity index (χ3v) is 4.58. The molecule has 0 radical (unpaired) electrons. The molecule has 0 unspecified atom stereocenters. The number of carbonyl (C=O) groups is 1. The second-order valence-electron chi connectivity index (χ2n) is 6.56. The topological polar surface area (TPSA) is 119 Å². The standard InChI is InChI=1S/C22H16N4O5/c23-14-15(22(27)24-16-3-8-20-21(13-16)31-11-10-30-20)12-19-2-1-9-25(19)17-4-6-18(7-5-17)26(28)29/h1-9,12-13H,10-11H2,(H,24,27)/b15-12+. The van der Waals surface area contributed by atoms with Crippen LogP contribution in [0.15, 0.2) is 66.4 Å². The fourth-order valence-corrected chi connectivity index (χ4v) is 3.10. The number of nitro benzene ring substituents is 1. The molecule has 1 N–H and O–H groups in total. The minimum Gasteiger partial charge on any atom is -0.486 e. The van der Waals surface area contributed by atoms with E-state index >= 15 is 0 Å². The van der Waals surface area contributed by atoms with E-state index in [0.29, 0.717) is 41.8 Å². The van der Waals surface area contributed by atoms with Crippen molar-refractivity contribution in [2.45, 2.75) is 0 Å². The number of carbonyl (C=O) groups excluding carboxylic acids is 1. The summed E-state index contributed by atoms with van der Waals surface area (Å²) in [5, 5.41) is 23.0. The van der Waals surface area contributed by atoms with Crippen LogP contribution < -0.4 is 14.8 Å². The van der Waals surface area contributed by atoms with Gasteiger partial charge in [0.2, 0.25) is 0 Å². The van der Waals surface area contributed by atoms with E-state index in [1.165, 1.54) is 18.2 Å². The van der Waals surface area contributed by atoms with Gasteiger partial charge >= 0.3 is 0 Å². The van der Waals surface area contributed by atoms with Gasteiger partial charge in [-0.3, -0.25) is 14.9 Å². The van der Waals surface area contributed by atoms with Crippen LogP contribution in [0, 0.1) is 21.4 Å². The van der Waals surface area contributed by atoms with Crippen LogP contribution in [-0.2, 0) is 4.79 Å². The summed E-state index contributed by atoms with van der Waals surface area (Å²) in [7, 11) is 0. The first kappa shape index (κ1) is 19.7. The molecule has 0 aliphatic carbocycles. The van der Waals surface area contributed by atoms with Gasteiger partial charge in [-0.2, -0.15) is 5.26 Å². The molecule has 0 fully saturated rings. The lowest BCUT2D eigenvalue weighted by Crippen LogP contribution is -2.17. The van der Waals surface area contributed by atoms with Crippen LogP contribution in [0.5, 0.6) is 11.5 Å². The lowest BCUT2D eigenvalue weighted by atomic mass is 10.2. The number of nitriles is 1. The Balaban J connectivity index is 1.56. The largest absolute Gasteiger partial charge is 0.486 e. The van der Waals surface area contributed by atoms with Gasteiger partial charge in [-0.25, -0.2) is 0 Å². The normalized spacial score (nSPS) is 12.7. The number of nitro groups is 1. The van der Waals surface area contributed by atoms with Gasteiger partial charge in [-0.15, -0.1) is 0 Å². The molecule has 4 rings (SSSR count). The Labute approximate surface area is 176 Å². The number of aromatic nitrogens is 1. The number of ether oxygens (including phenoxy) is 2. The fraction of sp³-hybridized carbons (Fsp3) is 0.0909. The van der Waals surface area contributed by atoms with Crippen molar-refractivity contribution in [1.82, 2.24) is 4.57 Å². The summed E-state index contributed by atoms with van der Waals surface area (Å²) in [5.41, 5.74) is 1.58. The molecule has 31 heavy (non-hydrogen) atoms. The zero-order chi connectivity index (χ0) is 21.8. The minimum absolute atomic E-state index is 0.0236. The van der Waals surface area contributed by atoms with Crippen LogP contribution in [0.25, 0.3) is 11.8 Å². The highest BCUT2D eigenvalue weighted by Gasteiger charge is 2.15. The Morgan fingerprint density at radius 3 is 2.58 bits per heavy atom. The number of fused-ring (bicyclic) bond motifs is 1. The number of non-ortho nitro benzene ring substituents is 1. The number of nitrogens with zero attached hydrogens (tertiary/aromatic N) is 3. The van der Waals surface area contributed by atoms with E-state index in [-0.39, 0.29) is 11.3 Å². The van der Waals surface area contributed by atoms with Crippen LogP contribution in [0.1, 0.15) is 5.69 Å². The van der Waals surface area contributed by atoms with Crippen molar-refractivity contribution in [3.05, 3.63) is 82.2 Å². The zero-order valence-corrected chi connectivity index (χ0v) is 16.1. The maximum Gasteiger partial charge on any atom is 0.269 e. The molecule has 2 heterocycles. The molecule has 2 aromatic carbocycles. The number of rotatable bonds is 5. The van der Waals surface area contributed by atoms with Gasteiger partial charge in [0.1, 0.15) is 24.9 Å². The predicted octanol–water partition coefficient (Wildman–Crippen LogP) is 3.70. The Kier molecular flexibility index (Phi) is 5.36. The molecule has 0 spiro atoms. The van der Waals surface area contributed by atoms with Crippen LogP contribution in [-0.4, -0.2) is 28.6 Å². The first-order valence-electron chi connectivity index (χ1n) is 9.30. The van der Waals surface area contributed by atoms with Crippen LogP contribution in [0.4, 0.5) is 11.4 Å². The third kappa shape index (κ3) is 4.23. The molecule has 0 bridgehead atoms. The average Bonchev–Trinajstić information content (AvgIpc) is 3.25. The summed E-state index contributed by atoms with van der Waals surface area (Å²) in [6, 6.07) is 16.4. The lowest BCUT2D eigenvalue weighted by Gasteiger charge is -2.18. The molecule has 0 saturated carbocycles. The molecular formula is C22H16N4O5. The molecule has 1 aliphatic heterocycles. The molecule has 3 aromatic rings. The number of hydrogen-bond acceptors (Lipinski definition) is 6. The van der Waals surface area contributed by atoms with Crippen molar-refractivity contribution in [3.8, 4) is 23.3 Å². The van der Waals surface area contributed by atoms with Crippen LogP contribution in [0.2, 0.25) is 0 Å². The van der Waals surface area contributed by atoms with Gasteiger partial charge < -0.3 is 19.4 Å². The van der Waals surface area contributed by atoms with Crippen molar-refractivity contribution in [3.63, 3.8) is 0 Å². The summed E-state index contributed by atoms with van der Waals surface area (Å²) >= 11 is 0. The van der Waals surface area contributed by atoms with E-state index in [9.17, 15) is 20.2 Å². The lowest BCUT2D eigenvalue weighted by molar-refractivity contribution is -0.384. The van der Waals surface area contributed by atoms with E-state index in [1.54, 1.807) is 53.2 Å². The van der Waals surface area contributed by atoms with Gasteiger partial charge in [0.05, 0.1) is 4.92 Å². The van der Waals surface area contributed by atoms with E-state index in [1.807, 2.05) is 6.07 Å². The van der Waals surface area contributed by atoms with E-state index < -0.39 is 10.8 Å². The van der Waals surface area contributed by atoms with Crippen molar-refractivity contribution in [1.29, 1.82) is 5.26 Å². The van der Waals surface area contributed by atoms with Crippen LogP contribution in [0.3, 0.4) is 0 Å². The highest BCUT2D eigenvalue weighted by atomic mass is 16.6. The monoisotopic (exact) mass is 416 g/mol. The zero-order valence-electron chi connectivity index (χ0n) is 16.1. The molecule has 0 atom stereocenters. The van der Waals surface area contributed by atoms with Gasteiger partial charge in [0.25, 0.3) is 11.6 Å². The smallest absolute Gasteiger partial charge is 0.269 e. The molecule has 1 aromatic heterocycles. The van der Waals surface area contributed by atoms with Crippen LogP contribution >= 0.6 is 0 Å². The van der Waals surface area contributed by atoms with Gasteiger partial charge in [0, 0.05) is 41.5 Å². The van der Waals surface area contributed by atoms with Gasteiger partial charge in [0.15, 0.2) is 11.5 Å². The molecule has 9 nitrogen and oxygen atoms in total. The maximum absolute atomic E-state index is 12.6. The second kappa shape index (κ2) is 8.42. The Morgan fingerprint density at radius 1 is 1.13 bits per heavy atom. The highest BCUT2D eigenvalue weighted by molar-refractivity contribution is 6.09. The highest BCUT2D eigenvalue weighted by Crippen LogP contribution is 2.32. The summed E-state index contributed by atoms with van der Waals surface area (Å²) in [6.45, 7) is 0.891. The predicted molar refractivity (Wildman–Crippen MR) is 112 cm³/mol. The molecule has 1 amide bonds.